The van der Waals surface area contributed by atoms with Crippen molar-refractivity contribution >= 4 is 20.8 Å². The minimum atomic E-state index is -3.56. The molecule has 0 heterocycles. The van der Waals surface area contributed by atoms with Crippen molar-refractivity contribution < 1.29 is 8.42 Å². The maximum absolute atomic E-state index is 11.5. The van der Waals surface area contributed by atoms with E-state index in [0.29, 0.717) is 0 Å². The van der Waals surface area contributed by atoms with Gasteiger partial charge in [-0.1, -0.05) is 42.0 Å². The lowest BCUT2D eigenvalue weighted by atomic mass is 10.00. The Balaban J connectivity index is 2.77. The van der Waals surface area contributed by atoms with Crippen LogP contribution in [0, 0.1) is 6.92 Å². The molecular weight excluding hydrogens is 234 g/mol. The molecule has 0 aliphatic heterocycles. The average molecular weight is 249 g/mol. The van der Waals surface area contributed by atoms with Gasteiger partial charge in [-0.15, -0.1) is 0 Å². The molecule has 0 aliphatic rings. The third-order valence-corrected chi connectivity index (χ3v) is 4.21. The molecule has 4 heteroatoms. The maximum atomic E-state index is 11.5. The Morgan fingerprint density at radius 1 is 1.18 bits per heavy atom. The molecule has 2 N–H and O–H groups in total. The van der Waals surface area contributed by atoms with E-state index in [2.05, 4.69) is 0 Å². The van der Waals surface area contributed by atoms with Crippen LogP contribution in [0.15, 0.2) is 36.4 Å². The summed E-state index contributed by atoms with van der Waals surface area (Å²) in [7, 11) is -3.56. The zero-order valence-electron chi connectivity index (χ0n) is 9.84. The van der Waals surface area contributed by atoms with Gasteiger partial charge in [0.15, 0.2) is 0 Å². The molecule has 2 aromatic carbocycles. The first-order valence-electron chi connectivity index (χ1n) is 5.40. The van der Waals surface area contributed by atoms with Crippen LogP contribution < -0.4 is 5.14 Å². The lowest BCUT2D eigenvalue weighted by Crippen LogP contribution is -2.19. The van der Waals surface area contributed by atoms with E-state index in [0.717, 1.165) is 21.9 Å². The molecule has 0 aliphatic carbocycles. The zero-order valence-corrected chi connectivity index (χ0v) is 10.7. The lowest BCUT2D eigenvalue weighted by Gasteiger charge is -2.13. The number of sulfonamides is 1. The smallest absolute Gasteiger partial charge is 0.215 e. The van der Waals surface area contributed by atoms with Crippen LogP contribution in [0.5, 0.6) is 0 Å². The minimum Gasteiger partial charge on any atom is -0.228 e. The van der Waals surface area contributed by atoms with Crippen molar-refractivity contribution in [3.05, 3.63) is 47.5 Å². The quantitative estimate of drug-likeness (QED) is 0.889. The molecule has 0 aromatic heterocycles. The van der Waals surface area contributed by atoms with E-state index in [9.17, 15) is 8.42 Å². The van der Waals surface area contributed by atoms with Gasteiger partial charge in [-0.3, -0.25) is 0 Å². The fourth-order valence-corrected chi connectivity index (χ4v) is 2.56. The standard InChI is InChI=1S/C13H15NO2S/c1-9-7-11-5-3-4-6-12(11)13(8-9)10(2)17(14,15)16/h3-8,10H,1-2H3,(H2,14,15,16). The monoisotopic (exact) mass is 249 g/mol. The zero-order chi connectivity index (χ0) is 12.6. The number of primary sulfonamides is 1. The van der Waals surface area contributed by atoms with Gasteiger partial charge in [-0.05, 0) is 30.2 Å². The molecule has 17 heavy (non-hydrogen) atoms. The summed E-state index contributed by atoms with van der Waals surface area (Å²) in [5.41, 5.74) is 1.80. The van der Waals surface area contributed by atoms with Crippen LogP contribution in [0.25, 0.3) is 10.8 Å². The van der Waals surface area contributed by atoms with E-state index < -0.39 is 15.3 Å². The van der Waals surface area contributed by atoms with E-state index >= 15 is 0 Å². The number of hydrogen-bond acceptors (Lipinski definition) is 2. The SMILES string of the molecule is Cc1cc(C(C)S(N)(=O)=O)c2ccccc2c1. The van der Waals surface area contributed by atoms with Gasteiger partial charge in [-0.25, -0.2) is 13.6 Å². The molecule has 3 nitrogen and oxygen atoms in total. The maximum Gasteiger partial charge on any atom is 0.215 e. The van der Waals surface area contributed by atoms with E-state index in [1.807, 2.05) is 43.3 Å². The Bertz CT molecular complexity index is 662. The van der Waals surface area contributed by atoms with Crippen LogP contribution in [0.4, 0.5) is 0 Å². The first kappa shape index (κ1) is 12.1. The van der Waals surface area contributed by atoms with Crippen LogP contribution in [0.3, 0.4) is 0 Å². The van der Waals surface area contributed by atoms with Gasteiger partial charge in [-0.2, -0.15) is 0 Å². The highest BCUT2D eigenvalue weighted by Gasteiger charge is 2.20. The Labute approximate surface area is 101 Å². The van der Waals surface area contributed by atoms with Crippen molar-refractivity contribution in [1.82, 2.24) is 0 Å². The Morgan fingerprint density at radius 3 is 2.47 bits per heavy atom. The van der Waals surface area contributed by atoms with Gasteiger partial charge in [0.1, 0.15) is 0 Å². The molecule has 90 valence electrons. The van der Waals surface area contributed by atoms with Crippen LogP contribution in [-0.2, 0) is 10.0 Å². The van der Waals surface area contributed by atoms with E-state index in [-0.39, 0.29) is 0 Å². The summed E-state index contributed by atoms with van der Waals surface area (Å²) in [4.78, 5) is 0. The summed E-state index contributed by atoms with van der Waals surface area (Å²) >= 11 is 0. The van der Waals surface area contributed by atoms with Gasteiger partial charge in [0.25, 0.3) is 0 Å². The second-order valence-corrected chi connectivity index (χ2v) is 6.19. The molecule has 0 spiro atoms. The van der Waals surface area contributed by atoms with Crippen molar-refractivity contribution in [2.45, 2.75) is 19.1 Å². The summed E-state index contributed by atoms with van der Waals surface area (Å²) < 4.78 is 22.9. The number of hydrogen-bond donors (Lipinski definition) is 1. The van der Waals surface area contributed by atoms with Crippen LogP contribution in [0.2, 0.25) is 0 Å². The van der Waals surface area contributed by atoms with Crippen molar-refractivity contribution in [1.29, 1.82) is 0 Å². The summed E-state index contributed by atoms with van der Waals surface area (Å²) in [6, 6.07) is 11.7. The molecule has 2 aromatic rings. The molecule has 0 saturated heterocycles. The summed E-state index contributed by atoms with van der Waals surface area (Å²) in [5, 5.41) is 6.52. The molecular formula is C13H15NO2S. The normalized spacial score (nSPS) is 13.8. The third kappa shape index (κ3) is 2.33. The molecule has 2 rings (SSSR count). The molecule has 0 fully saturated rings. The average Bonchev–Trinajstić information content (AvgIpc) is 2.25. The lowest BCUT2D eigenvalue weighted by molar-refractivity contribution is 0.588. The van der Waals surface area contributed by atoms with Crippen LogP contribution in [-0.4, -0.2) is 8.42 Å². The number of nitrogens with two attached hydrogens (primary N) is 1. The number of benzene rings is 2. The van der Waals surface area contributed by atoms with Gasteiger partial charge < -0.3 is 0 Å². The largest absolute Gasteiger partial charge is 0.228 e. The van der Waals surface area contributed by atoms with E-state index in [1.165, 1.54) is 0 Å². The van der Waals surface area contributed by atoms with Crippen molar-refractivity contribution in [3.8, 4) is 0 Å². The Hall–Kier alpha value is -1.39. The number of aryl methyl sites for hydroxylation is 1. The van der Waals surface area contributed by atoms with Crippen molar-refractivity contribution in [2.24, 2.45) is 5.14 Å². The van der Waals surface area contributed by atoms with E-state index in [1.54, 1.807) is 6.92 Å². The van der Waals surface area contributed by atoms with Crippen LogP contribution >= 0.6 is 0 Å². The fourth-order valence-electron chi connectivity index (χ4n) is 2.01. The highest BCUT2D eigenvalue weighted by molar-refractivity contribution is 7.89. The first-order valence-corrected chi connectivity index (χ1v) is 7.01. The van der Waals surface area contributed by atoms with E-state index in [4.69, 9.17) is 5.14 Å². The predicted molar refractivity (Wildman–Crippen MR) is 70.2 cm³/mol. The highest BCUT2D eigenvalue weighted by atomic mass is 32.2. The van der Waals surface area contributed by atoms with Gasteiger partial charge in [0.05, 0.1) is 5.25 Å². The second kappa shape index (κ2) is 4.13. The molecule has 1 unspecified atom stereocenters. The second-order valence-electron chi connectivity index (χ2n) is 4.31. The van der Waals surface area contributed by atoms with Gasteiger partial charge in [0.2, 0.25) is 10.0 Å². The Kier molecular flexibility index (Phi) is 2.93. The van der Waals surface area contributed by atoms with Crippen molar-refractivity contribution in [3.63, 3.8) is 0 Å². The molecule has 0 radical (unpaired) electrons. The first-order chi connectivity index (χ1) is 7.89. The molecule has 0 amide bonds. The summed E-state index contributed by atoms with van der Waals surface area (Å²) in [6.07, 6.45) is 0. The molecule has 0 bridgehead atoms. The Morgan fingerprint density at radius 2 is 1.82 bits per heavy atom. The topological polar surface area (TPSA) is 60.2 Å². The minimum absolute atomic E-state index is 0.688. The van der Waals surface area contributed by atoms with Crippen molar-refractivity contribution in [2.75, 3.05) is 0 Å². The highest BCUT2D eigenvalue weighted by Crippen LogP contribution is 2.29. The molecule has 1 atom stereocenters. The van der Waals surface area contributed by atoms with Crippen LogP contribution in [0.1, 0.15) is 23.3 Å². The number of rotatable bonds is 2. The summed E-state index contributed by atoms with van der Waals surface area (Å²) in [5.74, 6) is 0. The third-order valence-electron chi connectivity index (χ3n) is 2.97. The predicted octanol–water partition coefficient (Wildman–Crippen LogP) is 2.50. The summed E-state index contributed by atoms with van der Waals surface area (Å²) in [6.45, 7) is 3.57. The number of fused-ring (bicyclic) bond motifs is 1. The molecule has 0 saturated carbocycles. The van der Waals surface area contributed by atoms with Gasteiger partial charge >= 0.3 is 0 Å². The van der Waals surface area contributed by atoms with Gasteiger partial charge in [0, 0.05) is 0 Å². The fraction of sp³-hybridized carbons (Fsp3) is 0.231.